The number of sulfonamides is 1. The molecule has 1 aromatic carbocycles. The van der Waals surface area contributed by atoms with Crippen LogP contribution in [0.4, 0.5) is 0 Å². The molecule has 0 aliphatic heterocycles. The van der Waals surface area contributed by atoms with Gasteiger partial charge in [-0.15, -0.1) is 0 Å². The third-order valence-electron chi connectivity index (χ3n) is 2.35. The molecule has 0 aromatic heterocycles. The van der Waals surface area contributed by atoms with Crippen molar-refractivity contribution in [1.29, 1.82) is 0 Å². The highest BCUT2D eigenvalue weighted by Crippen LogP contribution is 2.18. The van der Waals surface area contributed by atoms with Gasteiger partial charge in [-0.05, 0) is 45.2 Å². The van der Waals surface area contributed by atoms with Crippen molar-refractivity contribution in [1.82, 2.24) is 4.72 Å². The van der Waals surface area contributed by atoms with Gasteiger partial charge in [-0.1, -0.05) is 0 Å². The van der Waals surface area contributed by atoms with Crippen LogP contribution in [0.25, 0.3) is 0 Å². The minimum absolute atomic E-state index is 0.0442. The normalized spacial score (nSPS) is 12.9. The quantitative estimate of drug-likeness (QED) is 0.881. The first-order chi connectivity index (χ1) is 7.71. The summed E-state index contributed by atoms with van der Waals surface area (Å²) in [4.78, 5) is 0.172. The van der Waals surface area contributed by atoms with E-state index in [1.807, 2.05) is 0 Å². The number of nitrogens with one attached hydrogen (secondary N) is 1. The van der Waals surface area contributed by atoms with Gasteiger partial charge in [0, 0.05) is 0 Å². The maximum absolute atomic E-state index is 11.8. The van der Waals surface area contributed by atoms with Crippen molar-refractivity contribution >= 4 is 19.9 Å². The largest absolute Gasteiger partial charge is 0.240 e. The summed E-state index contributed by atoms with van der Waals surface area (Å²) in [5.41, 5.74) is 0. The molecular formula is C10H15NO4S2. The van der Waals surface area contributed by atoms with Crippen molar-refractivity contribution in [2.75, 3.05) is 7.05 Å². The average Bonchev–Trinajstić information content (AvgIpc) is 2.29. The van der Waals surface area contributed by atoms with Crippen LogP contribution in [-0.4, -0.2) is 29.1 Å². The van der Waals surface area contributed by atoms with Crippen molar-refractivity contribution < 1.29 is 16.8 Å². The number of benzene rings is 1. The Hall–Kier alpha value is -0.920. The fraction of sp³-hybridized carbons (Fsp3) is 0.400. The SMILES string of the molecule is CNS(=O)(=O)c1ccc(S(=O)(=O)C(C)C)cc1. The molecule has 96 valence electrons. The molecule has 0 spiro atoms. The zero-order valence-electron chi connectivity index (χ0n) is 9.84. The van der Waals surface area contributed by atoms with Gasteiger partial charge in [0.2, 0.25) is 10.0 Å². The molecule has 0 radical (unpaired) electrons. The summed E-state index contributed by atoms with van der Waals surface area (Å²) in [5.74, 6) is 0. The van der Waals surface area contributed by atoms with Crippen LogP contribution >= 0.6 is 0 Å². The van der Waals surface area contributed by atoms with Crippen molar-refractivity contribution in [3.05, 3.63) is 24.3 Å². The van der Waals surface area contributed by atoms with Gasteiger partial charge in [0.25, 0.3) is 0 Å². The molecule has 0 aliphatic carbocycles. The van der Waals surface area contributed by atoms with E-state index in [0.29, 0.717) is 0 Å². The standard InChI is InChI=1S/C10H15NO4S2/c1-8(2)16(12,13)9-4-6-10(7-5-9)17(14,15)11-3/h4-8,11H,1-3H3. The number of hydrogen-bond donors (Lipinski definition) is 1. The molecule has 0 aliphatic rings. The second-order valence-corrected chi connectivity index (χ2v) is 8.16. The van der Waals surface area contributed by atoms with E-state index in [1.165, 1.54) is 31.3 Å². The third kappa shape index (κ3) is 2.85. The fourth-order valence-corrected chi connectivity index (χ4v) is 2.99. The molecule has 0 fully saturated rings. The van der Waals surface area contributed by atoms with Crippen LogP contribution in [0.5, 0.6) is 0 Å². The molecule has 0 bridgehead atoms. The highest BCUT2D eigenvalue weighted by Gasteiger charge is 2.20. The zero-order valence-corrected chi connectivity index (χ0v) is 11.5. The smallest absolute Gasteiger partial charge is 0.223 e. The summed E-state index contributed by atoms with van der Waals surface area (Å²) >= 11 is 0. The molecule has 1 N–H and O–H groups in total. The Balaban J connectivity index is 3.23. The summed E-state index contributed by atoms with van der Waals surface area (Å²) in [7, 11) is -5.59. The number of rotatable bonds is 4. The van der Waals surface area contributed by atoms with Gasteiger partial charge in [-0.25, -0.2) is 21.6 Å². The zero-order chi connectivity index (χ0) is 13.3. The van der Waals surface area contributed by atoms with E-state index in [4.69, 9.17) is 0 Å². The van der Waals surface area contributed by atoms with Crippen molar-refractivity contribution in [2.24, 2.45) is 0 Å². The minimum Gasteiger partial charge on any atom is -0.223 e. The maximum Gasteiger partial charge on any atom is 0.240 e. The predicted molar refractivity (Wildman–Crippen MR) is 65.0 cm³/mol. The third-order valence-corrected chi connectivity index (χ3v) is 5.95. The Bertz CT molecular complexity index is 586. The van der Waals surface area contributed by atoms with Crippen molar-refractivity contribution in [3.63, 3.8) is 0 Å². The van der Waals surface area contributed by atoms with Crippen LogP contribution in [0.1, 0.15) is 13.8 Å². The predicted octanol–water partition coefficient (Wildman–Crippen LogP) is 0.777. The van der Waals surface area contributed by atoms with Crippen molar-refractivity contribution in [2.45, 2.75) is 28.9 Å². The van der Waals surface area contributed by atoms with E-state index >= 15 is 0 Å². The molecule has 0 amide bonds. The van der Waals surface area contributed by atoms with Crippen LogP contribution in [0.3, 0.4) is 0 Å². The van der Waals surface area contributed by atoms with Gasteiger partial charge in [0.1, 0.15) is 0 Å². The second kappa shape index (κ2) is 4.75. The summed E-state index contributed by atoms with van der Waals surface area (Å²) in [6, 6.07) is 5.17. The van der Waals surface area contributed by atoms with Gasteiger partial charge >= 0.3 is 0 Å². The van der Waals surface area contributed by atoms with Gasteiger partial charge < -0.3 is 0 Å². The summed E-state index contributed by atoms with van der Waals surface area (Å²) in [6.07, 6.45) is 0. The summed E-state index contributed by atoms with van der Waals surface area (Å²) in [5, 5.41) is -0.533. The first kappa shape index (κ1) is 14.1. The van der Waals surface area contributed by atoms with Crippen LogP contribution < -0.4 is 4.72 Å². The highest BCUT2D eigenvalue weighted by atomic mass is 32.2. The lowest BCUT2D eigenvalue weighted by Gasteiger charge is -2.08. The van der Waals surface area contributed by atoms with E-state index < -0.39 is 25.1 Å². The minimum atomic E-state index is -3.53. The maximum atomic E-state index is 11.8. The van der Waals surface area contributed by atoms with Gasteiger partial charge in [0.15, 0.2) is 9.84 Å². The molecule has 0 unspecified atom stereocenters. The number of sulfone groups is 1. The average molecular weight is 277 g/mol. The van der Waals surface area contributed by atoms with Crippen LogP contribution in [0, 0.1) is 0 Å². The molecule has 1 rings (SSSR count). The lowest BCUT2D eigenvalue weighted by atomic mass is 10.4. The Labute approximate surface area is 102 Å². The monoisotopic (exact) mass is 277 g/mol. The highest BCUT2D eigenvalue weighted by molar-refractivity contribution is 7.92. The second-order valence-electron chi connectivity index (χ2n) is 3.77. The molecule has 0 saturated carbocycles. The topological polar surface area (TPSA) is 80.3 Å². The van der Waals surface area contributed by atoms with Gasteiger partial charge in [-0.3, -0.25) is 0 Å². The Morgan fingerprint density at radius 1 is 0.941 bits per heavy atom. The first-order valence-electron chi connectivity index (χ1n) is 4.99. The molecule has 17 heavy (non-hydrogen) atoms. The van der Waals surface area contributed by atoms with Gasteiger partial charge in [0.05, 0.1) is 15.0 Å². The lowest BCUT2D eigenvalue weighted by molar-refractivity contribution is 0.584. The Kier molecular flexibility index (Phi) is 3.95. The molecule has 0 saturated heterocycles. The summed E-state index contributed by atoms with van der Waals surface area (Å²) < 4.78 is 48.6. The van der Waals surface area contributed by atoms with E-state index in [1.54, 1.807) is 13.8 Å². The Morgan fingerprint density at radius 2 is 1.35 bits per heavy atom. The fourth-order valence-electron chi connectivity index (χ4n) is 1.20. The first-order valence-corrected chi connectivity index (χ1v) is 8.02. The van der Waals surface area contributed by atoms with Crippen LogP contribution in [0.2, 0.25) is 0 Å². The molecule has 5 nitrogen and oxygen atoms in total. The molecule has 0 heterocycles. The van der Waals surface area contributed by atoms with E-state index in [2.05, 4.69) is 4.72 Å². The van der Waals surface area contributed by atoms with Crippen LogP contribution in [0.15, 0.2) is 34.1 Å². The van der Waals surface area contributed by atoms with Crippen LogP contribution in [-0.2, 0) is 19.9 Å². The van der Waals surface area contributed by atoms with Crippen molar-refractivity contribution in [3.8, 4) is 0 Å². The van der Waals surface area contributed by atoms with E-state index in [0.717, 1.165) is 0 Å². The molecule has 0 atom stereocenters. The number of hydrogen-bond acceptors (Lipinski definition) is 4. The van der Waals surface area contributed by atoms with Gasteiger partial charge in [-0.2, -0.15) is 0 Å². The van der Waals surface area contributed by atoms with E-state index in [-0.39, 0.29) is 9.79 Å². The van der Waals surface area contributed by atoms with E-state index in [9.17, 15) is 16.8 Å². The molecule has 1 aromatic rings. The molecular weight excluding hydrogens is 262 g/mol. The lowest BCUT2D eigenvalue weighted by Crippen LogP contribution is -2.19. The summed E-state index contributed by atoms with van der Waals surface area (Å²) in [6.45, 7) is 3.15. The molecule has 7 heteroatoms. The Morgan fingerprint density at radius 3 is 1.71 bits per heavy atom.